The van der Waals surface area contributed by atoms with Crippen LogP contribution in [0.15, 0.2) is 65.8 Å². The van der Waals surface area contributed by atoms with Gasteiger partial charge >= 0.3 is 12.1 Å². The summed E-state index contributed by atoms with van der Waals surface area (Å²) in [4.78, 5) is 23.8. The maximum Gasteiger partial charge on any atom is 0.416 e. The molecule has 0 saturated heterocycles. The second kappa shape index (κ2) is 16.6. The molecule has 2 aromatic carbocycles. The van der Waals surface area contributed by atoms with Gasteiger partial charge in [-0.15, -0.1) is 11.8 Å². The van der Waals surface area contributed by atoms with Crippen LogP contribution in [0.2, 0.25) is 0 Å². The molecule has 1 aliphatic carbocycles. The summed E-state index contributed by atoms with van der Waals surface area (Å²) in [6.45, 7) is 6.25. The van der Waals surface area contributed by atoms with Crippen molar-refractivity contribution in [1.82, 2.24) is 9.97 Å². The third kappa shape index (κ3) is 10.3. The van der Waals surface area contributed by atoms with Crippen LogP contribution in [0.5, 0.6) is 5.75 Å². The van der Waals surface area contributed by atoms with Gasteiger partial charge in [0.2, 0.25) is 5.95 Å². The lowest BCUT2D eigenvalue weighted by molar-refractivity contribution is -0.144. The normalized spacial score (nSPS) is 16.8. The van der Waals surface area contributed by atoms with E-state index in [0.29, 0.717) is 55.3 Å². The van der Waals surface area contributed by atoms with Crippen molar-refractivity contribution < 1.29 is 27.4 Å². The number of halogens is 3. The van der Waals surface area contributed by atoms with E-state index in [9.17, 15) is 18.0 Å². The van der Waals surface area contributed by atoms with Gasteiger partial charge in [0.05, 0.1) is 31.2 Å². The van der Waals surface area contributed by atoms with E-state index in [0.717, 1.165) is 49.7 Å². The first-order valence-corrected chi connectivity index (χ1v) is 16.2. The Balaban J connectivity index is 1.35. The number of aromatic nitrogens is 2. The average molecular weight is 631 g/mol. The van der Waals surface area contributed by atoms with Crippen molar-refractivity contribution in [3.8, 4) is 5.75 Å². The summed E-state index contributed by atoms with van der Waals surface area (Å²) in [5, 5.41) is 3.09. The fourth-order valence-electron chi connectivity index (χ4n) is 5.49. The number of hydrogen-bond acceptors (Lipinski definition) is 8. The zero-order valence-electron chi connectivity index (χ0n) is 25.3. The van der Waals surface area contributed by atoms with Gasteiger partial charge < -0.3 is 19.7 Å². The number of hydrogen-bond donors (Lipinski definition) is 1. The fourth-order valence-corrected chi connectivity index (χ4v) is 6.24. The van der Waals surface area contributed by atoms with Crippen LogP contribution in [0, 0.1) is 11.8 Å². The number of ether oxygens (including phenoxy) is 2. The number of carbonyl (C=O) groups is 1. The standard InChI is InChI=1S/C33H41F3N4O3S/c1-3-40(23-25-12-10-24(11-13-25)18-31(41)42-4-2)30-15-14-27(33(34,35)36)19-26(30)20-37-32-38-21-28(22-39-32)43-16-17-44-29-8-6-5-7-9-29/h5-9,14-15,19,21-22,24-25H,3-4,10-13,16-18,20,23H2,1-2H3,(H,37,38,39). The Morgan fingerprint density at radius 3 is 2.39 bits per heavy atom. The second-order valence-corrected chi connectivity index (χ2v) is 12.1. The molecular formula is C33H41F3N4O3S. The molecule has 0 spiro atoms. The van der Waals surface area contributed by atoms with Gasteiger partial charge in [-0.1, -0.05) is 18.2 Å². The lowest BCUT2D eigenvalue weighted by atomic mass is 9.80. The van der Waals surface area contributed by atoms with Crippen LogP contribution >= 0.6 is 11.8 Å². The quantitative estimate of drug-likeness (QED) is 0.103. The van der Waals surface area contributed by atoms with Crippen LogP contribution in [0.1, 0.15) is 57.1 Å². The Kier molecular flexibility index (Phi) is 12.6. The summed E-state index contributed by atoms with van der Waals surface area (Å²) in [5.41, 5.74) is 0.601. The first kappa shape index (κ1) is 33.4. The highest BCUT2D eigenvalue weighted by molar-refractivity contribution is 7.99. The highest BCUT2D eigenvalue weighted by Crippen LogP contribution is 2.36. The smallest absolute Gasteiger partial charge is 0.416 e. The summed E-state index contributed by atoms with van der Waals surface area (Å²) in [6.07, 6.45) is 2.98. The van der Waals surface area contributed by atoms with Crippen LogP contribution in [0.4, 0.5) is 24.8 Å². The van der Waals surface area contributed by atoms with E-state index >= 15 is 0 Å². The fraction of sp³-hybridized carbons (Fsp3) is 0.485. The molecule has 0 bridgehead atoms. The van der Waals surface area contributed by atoms with Crippen LogP contribution in [-0.2, 0) is 22.3 Å². The number of thioether (sulfide) groups is 1. The van der Waals surface area contributed by atoms with Crippen LogP contribution in [-0.4, -0.2) is 48.0 Å². The van der Waals surface area contributed by atoms with Crippen LogP contribution in [0.25, 0.3) is 0 Å². The lowest BCUT2D eigenvalue weighted by Crippen LogP contribution is -2.33. The third-order valence-corrected chi connectivity index (χ3v) is 8.74. The molecule has 0 amide bonds. The first-order chi connectivity index (χ1) is 21.2. The van der Waals surface area contributed by atoms with Crippen molar-refractivity contribution >= 4 is 29.4 Å². The number of nitrogens with zero attached hydrogens (tertiary/aromatic N) is 3. The predicted octanol–water partition coefficient (Wildman–Crippen LogP) is 7.86. The number of rotatable bonds is 15. The molecule has 0 atom stereocenters. The van der Waals surface area contributed by atoms with E-state index in [2.05, 4.69) is 20.2 Å². The topological polar surface area (TPSA) is 76.6 Å². The number of carbonyl (C=O) groups excluding carboxylic acids is 1. The summed E-state index contributed by atoms with van der Waals surface area (Å²) in [6, 6.07) is 14.0. The zero-order valence-corrected chi connectivity index (χ0v) is 26.1. The van der Waals surface area contributed by atoms with E-state index in [1.54, 1.807) is 30.2 Å². The third-order valence-electron chi connectivity index (χ3n) is 7.76. The molecule has 238 valence electrons. The van der Waals surface area contributed by atoms with E-state index in [1.807, 2.05) is 44.2 Å². The van der Waals surface area contributed by atoms with Gasteiger partial charge in [-0.05, 0) is 87.3 Å². The molecular weight excluding hydrogens is 589 g/mol. The summed E-state index contributed by atoms with van der Waals surface area (Å²) < 4.78 is 51.8. The van der Waals surface area contributed by atoms with Crippen molar-refractivity contribution in [2.75, 3.05) is 42.3 Å². The molecule has 1 aliphatic rings. The molecule has 0 aliphatic heterocycles. The second-order valence-electron chi connectivity index (χ2n) is 10.9. The molecule has 1 aromatic heterocycles. The van der Waals surface area contributed by atoms with Gasteiger partial charge in [0.15, 0.2) is 5.75 Å². The first-order valence-electron chi connectivity index (χ1n) is 15.2. The van der Waals surface area contributed by atoms with Crippen molar-refractivity contribution in [2.45, 2.75) is 63.6 Å². The molecule has 11 heteroatoms. The molecule has 1 heterocycles. The van der Waals surface area contributed by atoms with Crippen molar-refractivity contribution in [1.29, 1.82) is 0 Å². The summed E-state index contributed by atoms with van der Waals surface area (Å²) in [7, 11) is 0. The van der Waals surface area contributed by atoms with Gasteiger partial charge in [0.1, 0.15) is 0 Å². The van der Waals surface area contributed by atoms with Gasteiger partial charge in [-0.25, -0.2) is 9.97 Å². The van der Waals surface area contributed by atoms with Crippen molar-refractivity contribution in [2.24, 2.45) is 11.8 Å². The molecule has 0 unspecified atom stereocenters. The molecule has 1 fully saturated rings. The van der Waals surface area contributed by atoms with Gasteiger partial charge in [-0.2, -0.15) is 13.2 Å². The molecule has 44 heavy (non-hydrogen) atoms. The lowest BCUT2D eigenvalue weighted by Gasteiger charge is -2.34. The number of alkyl halides is 3. The molecule has 7 nitrogen and oxygen atoms in total. The van der Waals surface area contributed by atoms with Crippen LogP contribution in [0.3, 0.4) is 0 Å². The van der Waals surface area contributed by atoms with Gasteiger partial charge in [-0.3, -0.25) is 4.79 Å². The van der Waals surface area contributed by atoms with Gasteiger partial charge in [0.25, 0.3) is 0 Å². The van der Waals surface area contributed by atoms with Crippen LogP contribution < -0.4 is 15.0 Å². The van der Waals surface area contributed by atoms with E-state index in [4.69, 9.17) is 9.47 Å². The minimum atomic E-state index is -4.45. The maximum absolute atomic E-state index is 13.7. The molecule has 0 radical (unpaired) electrons. The average Bonchev–Trinajstić information content (AvgIpc) is 3.02. The molecule has 1 saturated carbocycles. The SMILES string of the molecule is CCOC(=O)CC1CCC(CN(CC)c2ccc(C(F)(F)F)cc2CNc2ncc(OCCSc3ccccc3)cn2)CC1. The predicted molar refractivity (Wildman–Crippen MR) is 168 cm³/mol. The Hall–Kier alpha value is -3.47. The van der Waals surface area contributed by atoms with Gasteiger partial charge in [0, 0.05) is 42.4 Å². The largest absolute Gasteiger partial charge is 0.489 e. The number of benzene rings is 2. The molecule has 1 N–H and O–H groups in total. The van der Waals surface area contributed by atoms with Crippen molar-refractivity contribution in [3.63, 3.8) is 0 Å². The summed E-state index contributed by atoms with van der Waals surface area (Å²) in [5.74, 6) is 2.19. The number of esters is 1. The summed E-state index contributed by atoms with van der Waals surface area (Å²) >= 11 is 1.69. The number of nitrogens with one attached hydrogen (secondary N) is 1. The highest BCUT2D eigenvalue weighted by Gasteiger charge is 2.32. The zero-order chi connectivity index (χ0) is 31.4. The van der Waals surface area contributed by atoms with E-state index in [1.165, 1.54) is 11.0 Å². The van der Waals surface area contributed by atoms with E-state index in [-0.39, 0.29) is 12.5 Å². The Labute approximate surface area is 262 Å². The minimum Gasteiger partial charge on any atom is -0.489 e. The molecule has 3 aromatic rings. The van der Waals surface area contributed by atoms with Crippen molar-refractivity contribution in [3.05, 3.63) is 72.1 Å². The van der Waals surface area contributed by atoms with E-state index < -0.39 is 11.7 Å². The number of anilines is 2. The monoisotopic (exact) mass is 630 g/mol. The highest BCUT2D eigenvalue weighted by atomic mass is 32.2. The molecule has 4 rings (SSSR count). The Bertz CT molecular complexity index is 1300. The minimum absolute atomic E-state index is 0.135. The maximum atomic E-state index is 13.7. The Morgan fingerprint density at radius 1 is 1.02 bits per heavy atom. The Morgan fingerprint density at radius 2 is 1.73 bits per heavy atom.